The van der Waals surface area contributed by atoms with E-state index >= 15 is 0 Å². The molecular formula is C6H6Br2O3. The Morgan fingerprint density at radius 1 is 1.55 bits per heavy atom. The molecule has 0 aromatic carbocycles. The number of hydrogen-bond donors (Lipinski definition) is 2. The van der Waals surface area contributed by atoms with E-state index in [1.165, 1.54) is 0 Å². The molecule has 0 saturated carbocycles. The monoisotopic (exact) mass is 284 g/mol. The summed E-state index contributed by atoms with van der Waals surface area (Å²) in [7, 11) is 0. The Labute approximate surface area is 80.3 Å². The Morgan fingerprint density at radius 2 is 2.18 bits per heavy atom. The number of aliphatic hydroxyl groups excluding tert-OH is 2. The Bertz CT molecular complexity index is 226. The number of aliphatic hydroxyl groups is 2. The summed E-state index contributed by atoms with van der Waals surface area (Å²) in [5.41, 5.74) is 0. The van der Waals surface area contributed by atoms with Crippen LogP contribution in [-0.2, 0) is 0 Å². The van der Waals surface area contributed by atoms with Crippen LogP contribution in [0.1, 0.15) is 11.9 Å². The quantitative estimate of drug-likeness (QED) is 0.872. The maximum absolute atomic E-state index is 9.08. The standard InChI is InChI=1S/C6H6Br2O3/c7-3-1-5(4(10)2-9)11-6(3)8/h1,4,9-10H,2H2. The normalized spacial score (nSPS) is 13.5. The molecule has 0 amide bonds. The predicted octanol–water partition coefficient (Wildman–Crippen LogP) is 1.83. The van der Waals surface area contributed by atoms with E-state index < -0.39 is 6.10 Å². The lowest BCUT2D eigenvalue weighted by Gasteiger charge is -2.00. The van der Waals surface area contributed by atoms with Gasteiger partial charge in [0.25, 0.3) is 0 Å². The molecule has 1 atom stereocenters. The van der Waals surface area contributed by atoms with Gasteiger partial charge in [0.2, 0.25) is 0 Å². The summed E-state index contributed by atoms with van der Waals surface area (Å²) in [4.78, 5) is 0. The molecule has 0 saturated heterocycles. The van der Waals surface area contributed by atoms with Gasteiger partial charge in [-0.25, -0.2) is 0 Å². The maximum atomic E-state index is 9.08. The zero-order chi connectivity index (χ0) is 8.43. The van der Waals surface area contributed by atoms with E-state index in [1.54, 1.807) is 6.07 Å². The summed E-state index contributed by atoms with van der Waals surface area (Å²) in [6.07, 6.45) is -0.947. The molecule has 0 spiro atoms. The second-order valence-corrected chi connectivity index (χ2v) is 3.54. The van der Waals surface area contributed by atoms with Crippen molar-refractivity contribution >= 4 is 31.9 Å². The molecule has 3 nitrogen and oxygen atoms in total. The average molecular weight is 286 g/mol. The van der Waals surface area contributed by atoms with Crippen molar-refractivity contribution in [3.8, 4) is 0 Å². The van der Waals surface area contributed by atoms with E-state index in [1.807, 2.05) is 0 Å². The molecule has 0 aliphatic heterocycles. The second-order valence-electron chi connectivity index (χ2n) is 1.97. The lowest BCUT2D eigenvalue weighted by atomic mass is 10.3. The van der Waals surface area contributed by atoms with Crippen LogP contribution in [0, 0.1) is 0 Å². The van der Waals surface area contributed by atoms with Crippen LogP contribution >= 0.6 is 31.9 Å². The molecule has 62 valence electrons. The summed E-state index contributed by atoms with van der Waals surface area (Å²) >= 11 is 6.29. The minimum atomic E-state index is -0.947. The summed E-state index contributed by atoms with van der Waals surface area (Å²) in [6.45, 7) is -0.341. The number of hydrogen-bond acceptors (Lipinski definition) is 3. The Morgan fingerprint density at radius 3 is 2.55 bits per heavy atom. The highest BCUT2D eigenvalue weighted by Crippen LogP contribution is 2.29. The van der Waals surface area contributed by atoms with Gasteiger partial charge in [0.1, 0.15) is 11.9 Å². The third-order valence-electron chi connectivity index (χ3n) is 1.17. The molecule has 11 heavy (non-hydrogen) atoms. The van der Waals surface area contributed by atoms with Crippen LogP contribution in [0.5, 0.6) is 0 Å². The van der Waals surface area contributed by atoms with Crippen molar-refractivity contribution in [3.63, 3.8) is 0 Å². The fraction of sp³-hybridized carbons (Fsp3) is 0.333. The Hall–Kier alpha value is 0.160. The molecule has 0 aliphatic carbocycles. The van der Waals surface area contributed by atoms with Gasteiger partial charge < -0.3 is 14.6 Å². The first-order valence-corrected chi connectivity index (χ1v) is 4.47. The molecule has 1 heterocycles. The van der Waals surface area contributed by atoms with Gasteiger partial charge in [-0.05, 0) is 37.9 Å². The first kappa shape index (κ1) is 9.25. The predicted molar refractivity (Wildman–Crippen MR) is 46.2 cm³/mol. The highest BCUT2D eigenvalue weighted by Gasteiger charge is 2.13. The van der Waals surface area contributed by atoms with Gasteiger partial charge in [-0.3, -0.25) is 0 Å². The molecule has 0 radical (unpaired) electrons. The first-order valence-electron chi connectivity index (χ1n) is 2.88. The van der Waals surface area contributed by atoms with Crippen molar-refractivity contribution in [2.24, 2.45) is 0 Å². The van der Waals surface area contributed by atoms with Crippen LogP contribution in [-0.4, -0.2) is 16.8 Å². The average Bonchev–Trinajstić information content (AvgIpc) is 2.31. The maximum Gasteiger partial charge on any atom is 0.183 e. The lowest BCUT2D eigenvalue weighted by molar-refractivity contribution is 0.0768. The van der Waals surface area contributed by atoms with E-state index in [2.05, 4.69) is 31.9 Å². The fourth-order valence-corrected chi connectivity index (χ4v) is 1.23. The summed E-state index contributed by atoms with van der Waals surface area (Å²) in [6, 6.07) is 1.60. The number of rotatable bonds is 2. The van der Waals surface area contributed by atoms with E-state index in [4.69, 9.17) is 14.6 Å². The zero-order valence-corrected chi connectivity index (χ0v) is 8.59. The smallest absolute Gasteiger partial charge is 0.183 e. The van der Waals surface area contributed by atoms with E-state index in [0.29, 0.717) is 10.4 Å². The van der Waals surface area contributed by atoms with Gasteiger partial charge >= 0.3 is 0 Å². The SMILES string of the molecule is OCC(O)c1cc(Br)c(Br)o1. The summed E-state index contributed by atoms with van der Waals surface area (Å²) in [5, 5.41) is 17.6. The van der Waals surface area contributed by atoms with Gasteiger partial charge in [0.05, 0.1) is 11.1 Å². The zero-order valence-electron chi connectivity index (χ0n) is 5.42. The van der Waals surface area contributed by atoms with Gasteiger partial charge in [0.15, 0.2) is 4.67 Å². The highest BCUT2D eigenvalue weighted by molar-refractivity contribution is 9.13. The van der Waals surface area contributed by atoms with Crippen LogP contribution in [0.2, 0.25) is 0 Å². The molecular weight excluding hydrogens is 280 g/mol. The molecule has 2 N–H and O–H groups in total. The van der Waals surface area contributed by atoms with Crippen molar-refractivity contribution < 1.29 is 14.6 Å². The van der Waals surface area contributed by atoms with Crippen molar-refractivity contribution in [1.29, 1.82) is 0 Å². The summed E-state index contributed by atoms with van der Waals surface area (Å²) in [5.74, 6) is 0.339. The molecule has 1 aromatic heterocycles. The molecule has 1 rings (SSSR count). The molecule has 0 aliphatic rings. The van der Waals surface area contributed by atoms with Crippen molar-refractivity contribution in [1.82, 2.24) is 0 Å². The molecule has 1 aromatic rings. The van der Waals surface area contributed by atoms with Crippen molar-refractivity contribution in [2.45, 2.75) is 6.10 Å². The fourth-order valence-electron chi connectivity index (χ4n) is 0.618. The van der Waals surface area contributed by atoms with Gasteiger partial charge in [-0.2, -0.15) is 0 Å². The third-order valence-corrected chi connectivity index (χ3v) is 2.88. The Kier molecular flexibility index (Phi) is 3.12. The van der Waals surface area contributed by atoms with Crippen LogP contribution in [0.25, 0.3) is 0 Å². The first-order chi connectivity index (χ1) is 5.15. The van der Waals surface area contributed by atoms with Gasteiger partial charge in [-0.1, -0.05) is 0 Å². The number of halogens is 2. The molecule has 1 unspecified atom stereocenters. The second kappa shape index (κ2) is 3.71. The highest BCUT2D eigenvalue weighted by atomic mass is 79.9. The van der Waals surface area contributed by atoms with Crippen LogP contribution in [0.15, 0.2) is 19.6 Å². The lowest BCUT2D eigenvalue weighted by Crippen LogP contribution is -1.99. The van der Waals surface area contributed by atoms with Crippen LogP contribution in [0.4, 0.5) is 0 Å². The van der Waals surface area contributed by atoms with Crippen LogP contribution < -0.4 is 0 Å². The van der Waals surface area contributed by atoms with Gasteiger partial charge in [-0.15, -0.1) is 0 Å². The summed E-state index contributed by atoms with van der Waals surface area (Å²) < 4.78 is 6.26. The molecule has 0 fully saturated rings. The van der Waals surface area contributed by atoms with Gasteiger partial charge in [0, 0.05) is 0 Å². The van der Waals surface area contributed by atoms with E-state index in [0.717, 1.165) is 4.47 Å². The van der Waals surface area contributed by atoms with Crippen LogP contribution in [0.3, 0.4) is 0 Å². The van der Waals surface area contributed by atoms with Crippen molar-refractivity contribution in [3.05, 3.63) is 21.0 Å². The topological polar surface area (TPSA) is 53.6 Å². The Balaban J connectivity index is 2.88. The molecule has 5 heteroatoms. The molecule has 0 bridgehead atoms. The minimum Gasteiger partial charge on any atom is -0.450 e. The largest absolute Gasteiger partial charge is 0.450 e. The van der Waals surface area contributed by atoms with E-state index in [-0.39, 0.29) is 6.61 Å². The minimum absolute atomic E-state index is 0.339. The van der Waals surface area contributed by atoms with Crippen molar-refractivity contribution in [2.75, 3.05) is 6.61 Å². The van der Waals surface area contributed by atoms with E-state index in [9.17, 15) is 0 Å². The number of furan rings is 1. The third kappa shape index (κ3) is 2.05.